The first-order valence-corrected chi connectivity index (χ1v) is 12.2. The highest BCUT2D eigenvalue weighted by Crippen LogP contribution is 2.25. The van der Waals surface area contributed by atoms with Crippen LogP contribution < -0.4 is 21.9 Å². The molecule has 0 aliphatic heterocycles. The van der Waals surface area contributed by atoms with E-state index in [4.69, 9.17) is 26.7 Å². The van der Waals surface area contributed by atoms with Gasteiger partial charge in [0.2, 0.25) is 0 Å². The molecule has 4 aromatic rings. The predicted octanol–water partition coefficient (Wildman–Crippen LogP) is 3.45. The lowest BCUT2D eigenvalue weighted by atomic mass is 10.1. The molecule has 0 fully saturated rings. The number of carbonyl (C=O) groups is 1. The number of aliphatic imine (C=N–C) groups is 1. The number of amides is 1. The Bertz CT molecular complexity index is 1680. The van der Waals surface area contributed by atoms with Crippen molar-refractivity contribution in [3.8, 4) is 5.75 Å². The van der Waals surface area contributed by atoms with Crippen molar-refractivity contribution in [1.29, 1.82) is 0 Å². The summed E-state index contributed by atoms with van der Waals surface area (Å²) in [5.74, 6) is -1.21. The van der Waals surface area contributed by atoms with Crippen molar-refractivity contribution in [2.45, 2.75) is 13.0 Å². The van der Waals surface area contributed by atoms with E-state index in [1.54, 1.807) is 42.5 Å². The topological polar surface area (TPSA) is 160 Å². The summed E-state index contributed by atoms with van der Waals surface area (Å²) in [7, 11) is 2.70. The van der Waals surface area contributed by atoms with Crippen LogP contribution in [0.4, 0.5) is 13.6 Å². The average molecular weight is 563 g/mol. The van der Waals surface area contributed by atoms with E-state index in [0.717, 1.165) is 11.1 Å². The molecule has 11 nitrogen and oxygen atoms in total. The fraction of sp³-hybridized carbons (Fsp3) is 0.143. The fourth-order valence-corrected chi connectivity index (χ4v) is 4.15. The lowest BCUT2D eigenvalue weighted by Crippen LogP contribution is -2.39. The zero-order chi connectivity index (χ0) is 29.7. The monoisotopic (exact) mass is 562 g/mol. The van der Waals surface area contributed by atoms with Crippen LogP contribution >= 0.6 is 0 Å². The van der Waals surface area contributed by atoms with Crippen LogP contribution in [0.1, 0.15) is 16.8 Å². The third-order valence-electron chi connectivity index (χ3n) is 6.02. The number of benzene rings is 2. The molecule has 0 radical (unpaired) electrons. The van der Waals surface area contributed by atoms with Gasteiger partial charge in [0.05, 0.1) is 38.2 Å². The molecule has 0 unspecified atom stereocenters. The quantitative estimate of drug-likeness (QED) is 0.207. The number of methoxy groups -OCH3 is 2. The van der Waals surface area contributed by atoms with Crippen molar-refractivity contribution < 1.29 is 23.0 Å². The van der Waals surface area contributed by atoms with E-state index in [1.807, 2.05) is 0 Å². The van der Waals surface area contributed by atoms with Gasteiger partial charge >= 0.3 is 6.09 Å². The van der Waals surface area contributed by atoms with Crippen molar-refractivity contribution in [3.63, 3.8) is 0 Å². The van der Waals surface area contributed by atoms with E-state index in [2.05, 4.69) is 21.7 Å². The highest BCUT2D eigenvalue weighted by Gasteiger charge is 2.25. The number of nitrogens with zero attached hydrogens (tertiary/aromatic N) is 5. The van der Waals surface area contributed by atoms with Crippen LogP contribution in [0.25, 0.3) is 16.9 Å². The molecule has 0 bridgehead atoms. The summed E-state index contributed by atoms with van der Waals surface area (Å²) in [6.07, 6.45) is 0.282. The molecule has 1 amide bonds. The standard InChI is InChI=1S/C28H28F2N8O3/c1-16(38-23-13-19(29)14-34-24(23)22(36-38)12-18-8-4-5-10-21(18)30)35-27(33)25(26(31)32)37(28(39)41-3)15-17-7-6-9-20(11-17)40-2/h4-11,13-14H,1,12,15,31-32H2,2-3H3,(H2,33,35). The van der Waals surface area contributed by atoms with E-state index >= 15 is 0 Å². The molecule has 0 saturated heterocycles. The van der Waals surface area contributed by atoms with Crippen molar-refractivity contribution in [1.82, 2.24) is 19.7 Å². The lowest BCUT2D eigenvalue weighted by Gasteiger charge is -2.25. The molecule has 0 spiro atoms. The van der Waals surface area contributed by atoms with Crippen LogP contribution in [-0.4, -0.2) is 45.8 Å². The minimum Gasteiger partial charge on any atom is -0.497 e. The Labute approximate surface area is 234 Å². The smallest absolute Gasteiger partial charge is 0.414 e. The predicted molar refractivity (Wildman–Crippen MR) is 150 cm³/mol. The van der Waals surface area contributed by atoms with Gasteiger partial charge in [-0.3, -0.25) is 4.90 Å². The Morgan fingerprint density at radius 3 is 2.54 bits per heavy atom. The van der Waals surface area contributed by atoms with Crippen LogP contribution in [0.3, 0.4) is 0 Å². The summed E-state index contributed by atoms with van der Waals surface area (Å²) in [5.41, 5.74) is 19.9. The van der Waals surface area contributed by atoms with Gasteiger partial charge in [-0.25, -0.2) is 28.2 Å². The van der Waals surface area contributed by atoms with Crippen molar-refractivity contribution in [2.75, 3.05) is 14.2 Å². The molecule has 0 aliphatic carbocycles. The van der Waals surface area contributed by atoms with Gasteiger partial charge in [0.1, 0.15) is 40.2 Å². The third-order valence-corrected chi connectivity index (χ3v) is 6.02. The second-order valence-corrected chi connectivity index (χ2v) is 8.77. The second kappa shape index (κ2) is 12.2. The van der Waals surface area contributed by atoms with Gasteiger partial charge in [-0.15, -0.1) is 0 Å². The number of aromatic nitrogens is 3. The van der Waals surface area contributed by atoms with E-state index < -0.39 is 17.7 Å². The summed E-state index contributed by atoms with van der Waals surface area (Å²) < 4.78 is 40.0. The third kappa shape index (κ3) is 6.24. The Morgan fingerprint density at radius 2 is 1.85 bits per heavy atom. The summed E-state index contributed by atoms with van der Waals surface area (Å²) in [4.78, 5) is 22.3. The number of rotatable bonds is 9. The summed E-state index contributed by atoms with van der Waals surface area (Å²) >= 11 is 0. The van der Waals surface area contributed by atoms with Gasteiger partial charge in [0.25, 0.3) is 0 Å². The fourth-order valence-electron chi connectivity index (χ4n) is 4.15. The number of ether oxygens (including phenoxy) is 2. The number of hydrogen-bond donors (Lipinski definition) is 3. The first-order valence-electron chi connectivity index (χ1n) is 12.2. The Morgan fingerprint density at radius 1 is 1.10 bits per heavy atom. The summed E-state index contributed by atoms with van der Waals surface area (Å²) in [6, 6.07) is 14.3. The first kappa shape index (κ1) is 28.5. The minimum atomic E-state index is -0.817. The number of halogens is 2. The molecular weight excluding hydrogens is 534 g/mol. The molecule has 41 heavy (non-hydrogen) atoms. The maximum atomic E-state index is 14.4. The SMILES string of the molecule is C=C(N=C(N)C(=C(N)N)N(Cc1cccc(OC)c1)C(=O)OC)n1nc(Cc2ccccc2F)c2ncc(F)cc21. The van der Waals surface area contributed by atoms with E-state index in [-0.39, 0.29) is 41.7 Å². The van der Waals surface area contributed by atoms with Crippen molar-refractivity contribution in [3.05, 3.63) is 107 Å². The number of pyridine rings is 1. The zero-order valence-corrected chi connectivity index (χ0v) is 22.3. The largest absolute Gasteiger partial charge is 0.497 e. The number of fused-ring (bicyclic) bond motifs is 1. The molecule has 0 saturated carbocycles. The van der Waals surface area contributed by atoms with Gasteiger partial charge in [0.15, 0.2) is 5.84 Å². The molecule has 0 aliphatic rings. The molecule has 2 heterocycles. The van der Waals surface area contributed by atoms with Gasteiger partial charge < -0.3 is 26.7 Å². The van der Waals surface area contributed by atoms with Gasteiger partial charge in [-0.05, 0) is 29.3 Å². The Balaban J connectivity index is 1.74. The minimum absolute atomic E-state index is 0.0492. The summed E-state index contributed by atoms with van der Waals surface area (Å²) in [5, 5.41) is 4.47. The molecule has 6 N–H and O–H groups in total. The van der Waals surface area contributed by atoms with Crippen LogP contribution in [0.5, 0.6) is 5.75 Å². The van der Waals surface area contributed by atoms with Crippen LogP contribution in [-0.2, 0) is 17.7 Å². The highest BCUT2D eigenvalue weighted by molar-refractivity contribution is 6.01. The second-order valence-electron chi connectivity index (χ2n) is 8.77. The molecule has 4 rings (SSSR count). The van der Waals surface area contributed by atoms with Crippen LogP contribution in [0, 0.1) is 11.6 Å². The molecule has 2 aromatic heterocycles. The Kier molecular flexibility index (Phi) is 8.46. The average Bonchev–Trinajstić information content (AvgIpc) is 3.30. The number of carbonyl (C=O) groups excluding carboxylic acids is 1. The van der Waals surface area contributed by atoms with E-state index in [1.165, 1.54) is 31.0 Å². The summed E-state index contributed by atoms with van der Waals surface area (Å²) in [6.45, 7) is 3.86. The van der Waals surface area contributed by atoms with Gasteiger partial charge in [0, 0.05) is 12.5 Å². The number of hydrogen-bond acceptors (Lipinski definition) is 8. The molecular formula is C28H28F2N8O3. The Hall–Kier alpha value is -5.46. The molecule has 13 heteroatoms. The zero-order valence-electron chi connectivity index (χ0n) is 22.3. The number of nitrogens with two attached hydrogens (primary N) is 3. The molecule has 2 aromatic carbocycles. The normalized spacial score (nSPS) is 11.3. The maximum absolute atomic E-state index is 14.4. The van der Waals surface area contributed by atoms with Gasteiger partial charge in [-0.2, -0.15) is 5.10 Å². The molecule has 212 valence electrons. The van der Waals surface area contributed by atoms with Crippen molar-refractivity contribution in [2.24, 2.45) is 22.2 Å². The molecule has 0 atom stereocenters. The van der Waals surface area contributed by atoms with Crippen LogP contribution in [0.15, 0.2) is 83.9 Å². The lowest BCUT2D eigenvalue weighted by molar-refractivity contribution is 0.135. The highest BCUT2D eigenvalue weighted by atomic mass is 19.1. The van der Waals surface area contributed by atoms with Gasteiger partial charge in [-0.1, -0.05) is 36.9 Å². The van der Waals surface area contributed by atoms with E-state index in [9.17, 15) is 13.6 Å². The van der Waals surface area contributed by atoms with Crippen LogP contribution in [0.2, 0.25) is 0 Å². The van der Waals surface area contributed by atoms with Crippen molar-refractivity contribution >= 4 is 28.8 Å². The van der Waals surface area contributed by atoms with E-state index in [0.29, 0.717) is 28.1 Å². The first-order chi connectivity index (χ1) is 19.6. The number of amidine groups is 1. The maximum Gasteiger partial charge on any atom is 0.414 e.